The van der Waals surface area contributed by atoms with Gasteiger partial charge in [-0.3, -0.25) is 0 Å². The van der Waals surface area contributed by atoms with E-state index in [-0.39, 0.29) is 5.75 Å². The zero-order chi connectivity index (χ0) is 29.5. The molecule has 0 fully saturated rings. The molecule has 0 aliphatic rings. The van der Waals surface area contributed by atoms with Gasteiger partial charge < -0.3 is 19.6 Å². The Balaban J connectivity index is 1.42. The lowest BCUT2D eigenvalue weighted by atomic mass is 10.1. The third-order valence-electron chi connectivity index (χ3n) is 5.69. The van der Waals surface area contributed by atoms with Crippen LogP contribution in [0.15, 0.2) is 77.7 Å². The summed E-state index contributed by atoms with van der Waals surface area (Å²) in [4.78, 5) is 6.64. The molecule has 7 nitrogen and oxygen atoms in total. The van der Waals surface area contributed by atoms with Crippen LogP contribution in [0.4, 0.5) is 18.9 Å². The molecule has 218 valence electrons. The maximum Gasteiger partial charge on any atom is 0.416 e. The average molecular weight is 624 g/mol. The summed E-state index contributed by atoms with van der Waals surface area (Å²) in [5, 5.41) is 7.35. The van der Waals surface area contributed by atoms with E-state index >= 15 is 0 Å². The fraction of sp³-hybridized carbons (Fsp3) is 0.250. The number of hydrogen-bond acceptors (Lipinski definition) is 9. The van der Waals surface area contributed by atoms with Crippen molar-refractivity contribution in [3.05, 3.63) is 88.9 Å². The van der Waals surface area contributed by atoms with Gasteiger partial charge in [-0.05, 0) is 60.7 Å². The van der Waals surface area contributed by atoms with Gasteiger partial charge in [0.25, 0.3) is 0 Å². The lowest BCUT2D eigenvalue weighted by Crippen LogP contribution is -2.22. The molecular weight excluding hydrogens is 596 g/mol. The highest BCUT2D eigenvalue weighted by Crippen LogP contribution is 2.35. The second kappa shape index (κ2) is 13.6. The number of aromatic nitrogens is 1. The first-order valence-electron chi connectivity index (χ1n) is 12.4. The van der Waals surface area contributed by atoms with Crippen molar-refractivity contribution in [3.63, 3.8) is 0 Å². The maximum atomic E-state index is 13.0. The third-order valence-corrected chi connectivity index (χ3v) is 8.56. The quantitative estimate of drug-likeness (QED) is 0.0970. The van der Waals surface area contributed by atoms with Crippen LogP contribution in [0.25, 0.3) is 10.6 Å². The smallest absolute Gasteiger partial charge is 0.416 e. The fourth-order valence-corrected chi connectivity index (χ4v) is 6.23. The molecule has 0 atom stereocenters. The number of nitrogens with one attached hydrogen (secondary N) is 2. The van der Waals surface area contributed by atoms with Crippen LogP contribution in [0.5, 0.6) is 11.5 Å². The van der Waals surface area contributed by atoms with E-state index in [1.807, 2.05) is 24.3 Å². The second-order valence-electron chi connectivity index (χ2n) is 8.84. The summed E-state index contributed by atoms with van der Waals surface area (Å²) in [6, 6.07) is 19.3. The molecule has 0 unspecified atom stereocenters. The molecule has 0 aliphatic carbocycles. The van der Waals surface area contributed by atoms with Crippen LogP contribution in [0.1, 0.15) is 16.1 Å². The summed E-state index contributed by atoms with van der Waals surface area (Å²) in [6.45, 7) is 1.82. The Morgan fingerprint density at radius 3 is 2.20 bits per heavy atom. The third kappa shape index (κ3) is 9.38. The lowest BCUT2D eigenvalue weighted by Gasteiger charge is -2.09. The minimum atomic E-state index is -4.40. The fourth-order valence-electron chi connectivity index (χ4n) is 3.69. The Kier molecular flexibility index (Phi) is 10.2. The van der Waals surface area contributed by atoms with Crippen LogP contribution >= 0.6 is 23.1 Å². The monoisotopic (exact) mass is 623 g/mol. The van der Waals surface area contributed by atoms with Gasteiger partial charge in [-0.15, -0.1) is 23.1 Å². The minimum absolute atomic E-state index is 0.229. The van der Waals surface area contributed by atoms with Crippen LogP contribution in [-0.4, -0.2) is 39.9 Å². The van der Waals surface area contributed by atoms with Gasteiger partial charge in [0.1, 0.15) is 16.5 Å². The van der Waals surface area contributed by atoms with Crippen molar-refractivity contribution in [3.8, 4) is 22.1 Å². The molecule has 3 aromatic carbocycles. The van der Waals surface area contributed by atoms with E-state index in [0.717, 1.165) is 45.3 Å². The van der Waals surface area contributed by atoms with E-state index in [4.69, 9.17) is 13.9 Å². The number of alkyl halides is 3. The molecular formula is C28H28F3N3O4S3. The van der Waals surface area contributed by atoms with E-state index in [1.165, 1.54) is 35.2 Å². The largest absolute Gasteiger partial charge is 0.497 e. The Bertz CT molecular complexity index is 1530. The van der Waals surface area contributed by atoms with Crippen molar-refractivity contribution in [2.24, 2.45) is 0 Å². The Morgan fingerprint density at radius 1 is 0.927 bits per heavy atom. The molecule has 0 aliphatic heterocycles. The van der Waals surface area contributed by atoms with Crippen molar-refractivity contribution in [2.75, 3.05) is 31.8 Å². The first kappa shape index (κ1) is 30.7. The van der Waals surface area contributed by atoms with Gasteiger partial charge in [-0.2, -0.15) is 21.6 Å². The second-order valence-corrected chi connectivity index (χ2v) is 12.6. The van der Waals surface area contributed by atoms with E-state index < -0.39 is 21.9 Å². The predicted molar refractivity (Wildman–Crippen MR) is 157 cm³/mol. The molecule has 13 heteroatoms. The van der Waals surface area contributed by atoms with E-state index in [2.05, 4.69) is 10.6 Å². The van der Waals surface area contributed by atoms with Crippen LogP contribution in [0, 0.1) is 0 Å². The highest BCUT2D eigenvalue weighted by molar-refractivity contribution is 7.98. The number of anilines is 1. The van der Waals surface area contributed by atoms with Gasteiger partial charge in [0.05, 0.1) is 24.6 Å². The van der Waals surface area contributed by atoms with Crippen molar-refractivity contribution < 1.29 is 30.5 Å². The van der Waals surface area contributed by atoms with Crippen molar-refractivity contribution in [1.29, 1.82) is 0 Å². The maximum absolute atomic E-state index is 13.0. The number of methoxy groups -OCH3 is 1. The molecule has 0 amide bonds. The van der Waals surface area contributed by atoms with E-state index in [9.17, 15) is 21.6 Å². The zero-order valence-electron chi connectivity index (χ0n) is 22.2. The number of thioether (sulfide) groups is 1. The first-order valence-corrected chi connectivity index (χ1v) is 16.0. The van der Waals surface area contributed by atoms with E-state index in [0.29, 0.717) is 36.0 Å². The number of thiazole rings is 1. The standard InChI is InChI=1S/C28H28F3N3O4S3/c1-37-22-9-7-21(8-10-22)33-16-15-32-17-25-26(18-39-24-13-11-23(12-14-24)38-41(2,35)36)40-27(34-25)19-3-5-20(6-4-19)28(29,30)31/h3-14,32-33H,15-18H2,1-2H3. The Hall–Kier alpha value is -3.26. The summed E-state index contributed by atoms with van der Waals surface area (Å²) in [6.07, 6.45) is -3.42. The van der Waals surface area contributed by atoms with Gasteiger partial charge in [0.15, 0.2) is 0 Å². The molecule has 0 radical (unpaired) electrons. The molecule has 1 aromatic heterocycles. The Labute approximate surface area is 245 Å². The molecule has 0 bridgehead atoms. The molecule has 1 heterocycles. The summed E-state index contributed by atoms with van der Waals surface area (Å²) in [5.74, 6) is 1.59. The highest BCUT2D eigenvalue weighted by Gasteiger charge is 2.30. The lowest BCUT2D eigenvalue weighted by molar-refractivity contribution is -0.137. The van der Waals surface area contributed by atoms with Gasteiger partial charge in [-0.1, -0.05) is 12.1 Å². The molecule has 0 saturated carbocycles. The number of benzene rings is 3. The molecule has 4 rings (SSSR count). The van der Waals surface area contributed by atoms with Crippen LogP contribution in [0.3, 0.4) is 0 Å². The number of nitrogens with zero attached hydrogens (tertiary/aromatic N) is 1. The SMILES string of the molecule is COc1ccc(NCCNCc2nc(-c3ccc(C(F)(F)F)cc3)sc2CSc2ccc(OS(C)(=O)=O)cc2)cc1. The van der Waals surface area contributed by atoms with Crippen LogP contribution < -0.4 is 19.6 Å². The first-order chi connectivity index (χ1) is 19.5. The van der Waals surface area contributed by atoms with Crippen LogP contribution in [0.2, 0.25) is 0 Å². The van der Waals surface area contributed by atoms with Gasteiger partial charge in [-0.25, -0.2) is 4.98 Å². The van der Waals surface area contributed by atoms with Gasteiger partial charge >= 0.3 is 16.3 Å². The molecule has 0 saturated heterocycles. The number of rotatable bonds is 13. The normalized spacial score (nSPS) is 11.8. The van der Waals surface area contributed by atoms with Crippen molar-refractivity contribution in [2.45, 2.75) is 23.4 Å². The Morgan fingerprint density at radius 2 is 1.59 bits per heavy atom. The predicted octanol–water partition coefficient (Wildman–Crippen LogP) is 6.67. The number of halogens is 3. The summed E-state index contributed by atoms with van der Waals surface area (Å²) in [7, 11) is -1.99. The minimum Gasteiger partial charge on any atom is -0.497 e. The summed E-state index contributed by atoms with van der Waals surface area (Å²) < 4.78 is 71.8. The van der Waals surface area contributed by atoms with Crippen LogP contribution in [-0.2, 0) is 28.6 Å². The van der Waals surface area contributed by atoms with Crippen molar-refractivity contribution >= 4 is 38.9 Å². The molecule has 4 aromatic rings. The van der Waals surface area contributed by atoms with Gasteiger partial charge in [0.2, 0.25) is 0 Å². The number of ether oxygens (including phenoxy) is 1. The molecule has 2 N–H and O–H groups in total. The highest BCUT2D eigenvalue weighted by atomic mass is 32.2. The van der Waals surface area contributed by atoms with E-state index in [1.54, 1.807) is 31.4 Å². The topological polar surface area (TPSA) is 89.5 Å². The zero-order valence-corrected chi connectivity index (χ0v) is 24.6. The average Bonchev–Trinajstić information content (AvgIpc) is 3.34. The summed E-state index contributed by atoms with van der Waals surface area (Å²) in [5.41, 5.74) is 1.70. The van der Waals surface area contributed by atoms with Gasteiger partial charge in [0, 0.05) is 46.4 Å². The molecule has 0 spiro atoms. The molecule has 41 heavy (non-hydrogen) atoms. The van der Waals surface area contributed by atoms with Crippen molar-refractivity contribution in [1.82, 2.24) is 10.3 Å². The summed E-state index contributed by atoms with van der Waals surface area (Å²) >= 11 is 2.97. The number of hydrogen-bond donors (Lipinski definition) is 2.